The number of imidazole rings is 2. The molecule has 1 aliphatic rings. The molecule has 1 amide bonds. The van der Waals surface area contributed by atoms with Crippen LogP contribution in [-0.2, 0) is 25.9 Å². The second-order valence-electron chi connectivity index (χ2n) is 7.37. The van der Waals surface area contributed by atoms with Crippen molar-refractivity contribution in [2.24, 2.45) is 5.73 Å². The third-order valence-corrected chi connectivity index (χ3v) is 5.20. The van der Waals surface area contributed by atoms with Crippen LogP contribution in [0.25, 0.3) is 11.4 Å². The normalized spacial score (nSPS) is 14.2. The van der Waals surface area contributed by atoms with Gasteiger partial charge in [0, 0.05) is 55.5 Å². The molecule has 0 aliphatic carbocycles. The van der Waals surface area contributed by atoms with Crippen LogP contribution >= 0.6 is 0 Å². The molecule has 7 heteroatoms. The zero-order valence-electron chi connectivity index (χ0n) is 16.2. The first-order chi connectivity index (χ1) is 13.6. The Morgan fingerprint density at radius 2 is 2.07 bits per heavy atom. The summed E-state index contributed by atoms with van der Waals surface area (Å²) in [5, 5.41) is 0. The van der Waals surface area contributed by atoms with E-state index in [2.05, 4.69) is 26.8 Å². The summed E-state index contributed by atoms with van der Waals surface area (Å²) in [7, 11) is 0. The highest BCUT2D eigenvalue weighted by Crippen LogP contribution is 2.24. The number of amides is 1. The molecule has 4 rings (SSSR count). The van der Waals surface area contributed by atoms with Gasteiger partial charge in [0.1, 0.15) is 11.6 Å². The van der Waals surface area contributed by atoms with E-state index in [1.807, 2.05) is 18.3 Å². The minimum absolute atomic E-state index is 0.419. The Kier molecular flexibility index (Phi) is 5.25. The fourth-order valence-corrected chi connectivity index (χ4v) is 3.61. The summed E-state index contributed by atoms with van der Waals surface area (Å²) < 4.78 is 0. The minimum Gasteiger partial charge on any atom is -0.366 e. The van der Waals surface area contributed by atoms with Crippen molar-refractivity contribution in [3.63, 3.8) is 0 Å². The molecule has 0 radical (unpaired) electrons. The Morgan fingerprint density at radius 1 is 1.25 bits per heavy atom. The Labute approximate surface area is 164 Å². The molecule has 3 aromatic rings. The van der Waals surface area contributed by atoms with E-state index < -0.39 is 5.91 Å². The summed E-state index contributed by atoms with van der Waals surface area (Å²) in [5.74, 6) is 1.50. The van der Waals surface area contributed by atoms with Gasteiger partial charge in [-0.1, -0.05) is 25.5 Å². The summed E-state index contributed by atoms with van der Waals surface area (Å²) in [6.45, 7) is 4.87. The predicted octanol–water partition coefficient (Wildman–Crippen LogP) is 2.80. The molecule has 0 saturated carbocycles. The highest BCUT2D eigenvalue weighted by atomic mass is 16.1. The van der Waals surface area contributed by atoms with Gasteiger partial charge in [-0.3, -0.25) is 9.69 Å². The van der Waals surface area contributed by atoms with Gasteiger partial charge < -0.3 is 15.7 Å². The van der Waals surface area contributed by atoms with E-state index in [0.29, 0.717) is 5.56 Å². The molecule has 7 nitrogen and oxygen atoms in total. The number of H-pyrrole nitrogens is 2. The van der Waals surface area contributed by atoms with Crippen LogP contribution in [0.2, 0.25) is 0 Å². The molecule has 28 heavy (non-hydrogen) atoms. The van der Waals surface area contributed by atoms with E-state index in [4.69, 9.17) is 10.7 Å². The molecule has 0 saturated heterocycles. The van der Waals surface area contributed by atoms with E-state index in [-0.39, 0.29) is 0 Å². The lowest BCUT2D eigenvalue weighted by Gasteiger charge is -2.25. The predicted molar refractivity (Wildman–Crippen MR) is 108 cm³/mol. The second-order valence-corrected chi connectivity index (χ2v) is 7.37. The molecule has 146 valence electrons. The molecular weight excluding hydrogens is 352 g/mol. The molecule has 0 bridgehead atoms. The maximum absolute atomic E-state index is 11.2. The topological polar surface area (TPSA) is 104 Å². The SMILES string of the molecule is CCCCc1ncc(CN2CCc3nc(-c4ccc(C(N)=O)cc4)[nH]c3C2)[nH]1. The first kappa shape index (κ1) is 18.4. The Balaban J connectivity index is 1.43. The summed E-state index contributed by atoms with van der Waals surface area (Å²) >= 11 is 0. The summed E-state index contributed by atoms with van der Waals surface area (Å²) in [6.07, 6.45) is 6.23. The maximum atomic E-state index is 11.2. The van der Waals surface area contributed by atoms with Crippen LogP contribution in [-0.4, -0.2) is 37.3 Å². The van der Waals surface area contributed by atoms with E-state index in [0.717, 1.165) is 73.2 Å². The van der Waals surface area contributed by atoms with Crippen LogP contribution in [0, 0.1) is 0 Å². The van der Waals surface area contributed by atoms with Crippen molar-refractivity contribution in [3.8, 4) is 11.4 Å². The zero-order valence-corrected chi connectivity index (χ0v) is 16.2. The quantitative estimate of drug-likeness (QED) is 0.588. The molecule has 2 aromatic heterocycles. The average Bonchev–Trinajstić information content (AvgIpc) is 3.33. The average molecular weight is 378 g/mol. The molecular formula is C21H26N6O. The molecule has 0 fully saturated rings. The number of aromatic nitrogens is 4. The number of carbonyl (C=O) groups excluding carboxylic acids is 1. The van der Waals surface area contributed by atoms with Crippen LogP contribution in [0.1, 0.15) is 53.0 Å². The maximum Gasteiger partial charge on any atom is 0.248 e. The van der Waals surface area contributed by atoms with E-state index >= 15 is 0 Å². The van der Waals surface area contributed by atoms with Crippen molar-refractivity contribution < 1.29 is 4.79 Å². The van der Waals surface area contributed by atoms with Crippen molar-refractivity contribution in [2.45, 2.75) is 45.7 Å². The molecule has 1 aliphatic heterocycles. The summed E-state index contributed by atoms with van der Waals surface area (Å²) in [5.41, 5.74) is 10.2. The molecule has 3 heterocycles. The van der Waals surface area contributed by atoms with Gasteiger partial charge >= 0.3 is 0 Å². The number of nitrogens with one attached hydrogen (secondary N) is 2. The number of primary amides is 1. The lowest BCUT2D eigenvalue weighted by atomic mass is 10.1. The Bertz CT molecular complexity index is 956. The Hall–Kier alpha value is -2.93. The Morgan fingerprint density at radius 3 is 2.82 bits per heavy atom. The fraction of sp³-hybridized carbons (Fsp3) is 0.381. The molecule has 4 N–H and O–H groups in total. The third-order valence-electron chi connectivity index (χ3n) is 5.20. The van der Waals surface area contributed by atoms with E-state index in [9.17, 15) is 4.79 Å². The standard InChI is InChI=1S/C21H26N6O/c1-2-3-4-19-23-11-16(24-19)12-27-10-9-17-18(13-27)26-21(25-17)15-7-5-14(6-8-15)20(22)28/h5-8,11H,2-4,9-10,12-13H2,1H3,(H2,22,28)(H,23,24)(H,25,26). The number of aromatic amines is 2. The second kappa shape index (κ2) is 7.98. The van der Waals surface area contributed by atoms with Crippen molar-refractivity contribution in [1.82, 2.24) is 24.8 Å². The van der Waals surface area contributed by atoms with Crippen molar-refractivity contribution >= 4 is 5.91 Å². The zero-order chi connectivity index (χ0) is 19.5. The fourth-order valence-electron chi connectivity index (χ4n) is 3.61. The number of carbonyl (C=O) groups is 1. The van der Waals surface area contributed by atoms with Gasteiger partial charge in [0.05, 0.1) is 11.4 Å². The van der Waals surface area contributed by atoms with Crippen LogP contribution in [0.15, 0.2) is 30.5 Å². The molecule has 0 atom stereocenters. The number of benzene rings is 1. The van der Waals surface area contributed by atoms with E-state index in [1.54, 1.807) is 12.1 Å². The van der Waals surface area contributed by atoms with Gasteiger partial charge in [-0.25, -0.2) is 9.97 Å². The van der Waals surface area contributed by atoms with Gasteiger partial charge in [-0.15, -0.1) is 0 Å². The number of nitrogens with two attached hydrogens (primary N) is 1. The number of aryl methyl sites for hydroxylation is 1. The summed E-state index contributed by atoms with van der Waals surface area (Å²) in [4.78, 5) is 29.8. The van der Waals surface area contributed by atoms with Crippen molar-refractivity contribution in [3.05, 3.63) is 58.9 Å². The number of nitrogens with zero attached hydrogens (tertiary/aromatic N) is 3. The monoisotopic (exact) mass is 378 g/mol. The van der Waals surface area contributed by atoms with E-state index in [1.165, 1.54) is 6.42 Å². The number of unbranched alkanes of at least 4 members (excludes halogenated alkanes) is 1. The smallest absolute Gasteiger partial charge is 0.248 e. The van der Waals surface area contributed by atoms with Crippen molar-refractivity contribution in [2.75, 3.05) is 6.54 Å². The first-order valence-electron chi connectivity index (χ1n) is 9.85. The van der Waals surface area contributed by atoms with Crippen LogP contribution < -0.4 is 5.73 Å². The van der Waals surface area contributed by atoms with Gasteiger partial charge in [0.15, 0.2) is 0 Å². The van der Waals surface area contributed by atoms with Crippen molar-refractivity contribution in [1.29, 1.82) is 0 Å². The number of rotatable bonds is 7. The van der Waals surface area contributed by atoms with Crippen LogP contribution in [0.3, 0.4) is 0 Å². The number of hydrogen-bond acceptors (Lipinski definition) is 4. The molecule has 1 aromatic carbocycles. The largest absolute Gasteiger partial charge is 0.366 e. The molecule has 0 spiro atoms. The van der Waals surface area contributed by atoms with Gasteiger partial charge in [0.2, 0.25) is 5.91 Å². The van der Waals surface area contributed by atoms with Gasteiger partial charge in [-0.05, 0) is 18.6 Å². The summed E-state index contributed by atoms with van der Waals surface area (Å²) in [6, 6.07) is 7.23. The highest BCUT2D eigenvalue weighted by molar-refractivity contribution is 5.93. The lowest BCUT2D eigenvalue weighted by molar-refractivity contribution is 0.100. The van der Waals surface area contributed by atoms with Gasteiger partial charge in [0.25, 0.3) is 0 Å². The van der Waals surface area contributed by atoms with Crippen LogP contribution in [0.5, 0.6) is 0 Å². The lowest BCUT2D eigenvalue weighted by Crippen LogP contribution is -2.30. The highest BCUT2D eigenvalue weighted by Gasteiger charge is 2.21. The van der Waals surface area contributed by atoms with Gasteiger partial charge in [-0.2, -0.15) is 0 Å². The molecule has 0 unspecified atom stereocenters. The minimum atomic E-state index is -0.419. The number of fused-ring (bicyclic) bond motifs is 1. The van der Waals surface area contributed by atoms with Crippen LogP contribution in [0.4, 0.5) is 0 Å². The third kappa shape index (κ3) is 3.99. The number of hydrogen-bond donors (Lipinski definition) is 3. The first-order valence-corrected chi connectivity index (χ1v) is 9.85.